The van der Waals surface area contributed by atoms with Gasteiger partial charge in [0, 0.05) is 0 Å². The van der Waals surface area contributed by atoms with Gasteiger partial charge < -0.3 is 5.11 Å². The molecule has 21 heavy (non-hydrogen) atoms. The van der Waals surface area contributed by atoms with Crippen molar-refractivity contribution in [2.75, 3.05) is 4.72 Å². The second kappa shape index (κ2) is 5.96. The molecule has 2 N–H and O–H groups in total. The molecule has 0 unspecified atom stereocenters. The summed E-state index contributed by atoms with van der Waals surface area (Å²) >= 11 is 9.97. The van der Waals surface area contributed by atoms with Crippen molar-refractivity contribution < 1.29 is 18.3 Å². The Balaban J connectivity index is 2.51. The Morgan fingerprint density at radius 3 is 2.71 bits per heavy atom. The van der Waals surface area contributed by atoms with Crippen molar-refractivity contribution in [2.45, 2.75) is 11.8 Å². The molecule has 0 aliphatic carbocycles. The third-order valence-electron chi connectivity index (χ3n) is 2.58. The minimum atomic E-state index is -4.02. The molecular formula is C12H9BrClNO4S2. The molecule has 9 heteroatoms. The van der Waals surface area contributed by atoms with Crippen LogP contribution in [0.3, 0.4) is 0 Å². The zero-order valence-corrected chi connectivity index (χ0v) is 14.5. The summed E-state index contributed by atoms with van der Waals surface area (Å²) in [7, 11) is -4.02. The first-order chi connectivity index (χ1) is 9.74. The maximum atomic E-state index is 12.4. The minimum absolute atomic E-state index is 0.224. The Labute approximate surface area is 138 Å². The van der Waals surface area contributed by atoms with Crippen LogP contribution in [0.4, 0.5) is 5.69 Å². The second-order valence-electron chi connectivity index (χ2n) is 4.09. The summed E-state index contributed by atoms with van der Waals surface area (Å²) in [5.74, 6) is -1.28. The van der Waals surface area contributed by atoms with Crippen LogP contribution in [0.1, 0.15) is 15.2 Å². The van der Waals surface area contributed by atoms with Crippen molar-refractivity contribution in [3.8, 4) is 0 Å². The van der Waals surface area contributed by atoms with E-state index in [2.05, 4.69) is 20.7 Å². The molecule has 1 aromatic carbocycles. The number of carboxylic acid groups (broad SMARTS) is 1. The Kier molecular flexibility index (Phi) is 4.62. The number of nitrogens with one attached hydrogen (secondary N) is 1. The number of carboxylic acids is 1. The van der Waals surface area contributed by atoms with Crippen molar-refractivity contribution in [1.82, 2.24) is 0 Å². The molecule has 1 aromatic heterocycles. The number of aryl methyl sites for hydroxylation is 1. The number of thiophene rings is 1. The molecule has 0 saturated carbocycles. The van der Waals surface area contributed by atoms with Crippen LogP contribution in [0, 0.1) is 6.92 Å². The van der Waals surface area contributed by atoms with Crippen molar-refractivity contribution >= 4 is 60.5 Å². The fourth-order valence-corrected chi connectivity index (χ4v) is 5.07. The Bertz CT molecular complexity index is 817. The summed E-state index contributed by atoms with van der Waals surface area (Å²) < 4.78 is 27.6. The lowest BCUT2D eigenvalue weighted by Crippen LogP contribution is -2.16. The lowest BCUT2D eigenvalue weighted by Gasteiger charge is -2.11. The Morgan fingerprint density at radius 1 is 1.43 bits per heavy atom. The number of carbonyl (C=O) groups is 1. The quantitative estimate of drug-likeness (QED) is 0.799. The molecule has 0 radical (unpaired) electrons. The largest absolute Gasteiger partial charge is 0.477 e. The number of hydrogen-bond donors (Lipinski definition) is 2. The van der Waals surface area contributed by atoms with E-state index in [-0.39, 0.29) is 15.5 Å². The normalized spacial score (nSPS) is 11.4. The summed E-state index contributed by atoms with van der Waals surface area (Å²) in [4.78, 5) is 10.7. The van der Waals surface area contributed by atoms with Crippen molar-refractivity contribution in [1.29, 1.82) is 0 Å². The first kappa shape index (κ1) is 16.3. The predicted octanol–water partition coefficient (Wildman–Crippen LogP) is 3.97. The summed E-state index contributed by atoms with van der Waals surface area (Å²) in [6, 6.07) is 4.71. The maximum Gasteiger partial charge on any atom is 0.347 e. The summed E-state index contributed by atoms with van der Waals surface area (Å²) in [6.07, 6.45) is 0. The predicted molar refractivity (Wildman–Crippen MR) is 86.0 cm³/mol. The molecule has 0 aliphatic rings. The van der Waals surface area contributed by atoms with Gasteiger partial charge >= 0.3 is 5.97 Å². The highest BCUT2D eigenvalue weighted by Gasteiger charge is 2.27. The molecule has 0 aliphatic heterocycles. The van der Waals surface area contributed by atoms with Crippen LogP contribution in [-0.2, 0) is 10.0 Å². The summed E-state index contributed by atoms with van der Waals surface area (Å²) in [6.45, 7) is 1.55. The summed E-state index contributed by atoms with van der Waals surface area (Å²) in [5, 5.41) is 10.9. The molecule has 2 rings (SSSR count). The monoisotopic (exact) mass is 409 g/mol. The van der Waals surface area contributed by atoms with Gasteiger partial charge in [-0.1, -0.05) is 17.7 Å². The molecule has 0 bridgehead atoms. The van der Waals surface area contributed by atoms with E-state index in [4.69, 9.17) is 16.7 Å². The van der Waals surface area contributed by atoms with Gasteiger partial charge in [-0.25, -0.2) is 13.2 Å². The fourth-order valence-electron chi connectivity index (χ4n) is 1.69. The topological polar surface area (TPSA) is 83.5 Å². The van der Waals surface area contributed by atoms with E-state index >= 15 is 0 Å². The molecule has 2 aromatic rings. The first-order valence-corrected chi connectivity index (χ1v) is 9.05. The minimum Gasteiger partial charge on any atom is -0.477 e. The number of halogens is 2. The molecule has 1 heterocycles. The number of sulfonamides is 1. The van der Waals surface area contributed by atoms with E-state index in [0.29, 0.717) is 15.1 Å². The highest BCUT2D eigenvalue weighted by atomic mass is 79.9. The zero-order chi connectivity index (χ0) is 15.8. The molecule has 0 atom stereocenters. The van der Waals surface area contributed by atoms with Gasteiger partial charge in [-0.3, -0.25) is 4.72 Å². The Morgan fingerprint density at radius 2 is 2.10 bits per heavy atom. The number of aromatic carboxylic acids is 1. The standard InChI is InChI=1S/C12H9BrClNO4S2/c1-6-5-20-10(12(16)17)11(6)21(18,19)15-8-4-2-3-7(14)9(8)13/h2-5,15H,1H3,(H,16,17). The first-order valence-electron chi connectivity index (χ1n) is 5.52. The molecule has 5 nitrogen and oxygen atoms in total. The van der Waals surface area contributed by atoms with Gasteiger partial charge in [0.1, 0.15) is 9.77 Å². The van der Waals surface area contributed by atoms with Crippen LogP contribution in [0.2, 0.25) is 5.02 Å². The van der Waals surface area contributed by atoms with Gasteiger partial charge in [-0.15, -0.1) is 11.3 Å². The van der Waals surface area contributed by atoms with E-state index in [1.54, 1.807) is 19.1 Å². The lowest BCUT2D eigenvalue weighted by molar-refractivity contribution is 0.0698. The zero-order valence-electron chi connectivity index (χ0n) is 10.6. The van der Waals surface area contributed by atoms with Crippen LogP contribution in [0.25, 0.3) is 0 Å². The smallest absolute Gasteiger partial charge is 0.347 e. The summed E-state index contributed by atoms with van der Waals surface area (Å²) in [5.41, 5.74) is 0.618. The van der Waals surface area contributed by atoms with Crippen LogP contribution < -0.4 is 4.72 Å². The number of hydrogen-bond acceptors (Lipinski definition) is 4. The van der Waals surface area contributed by atoms with Gasteiger partial charge in [0.05, 0.1) is 15.2 Å². The van der Waals surface area contributed by atoms with Gasteiger partial charge in [-0.05, 0) is 45.9 Å². The van der Waals surface area contributed by atoms with Gasteiger partial charge in [-0.2, -0.15) is 0 Å². The lowest BCUT2D eigenvalue weighted by atomic mass is 10.3. The second-order valence-corrected chi connectivity index (χ2v) is 7.79. The van der Waals surface area contributed by atoms with E-state index in [1.165, 1.54) is 11.4 Å². The van der Waals surface area contributed by atoms with Crippen molar-refractivity contribution in [3.63, 3.8) is 0 Å². The van der Waals surface area contributed by atoms with E-state index < -0.39 is 16.0 Å². The number of rotatable bonds is 4. The van der Waals surface area contributed by atoms with Crippen LogP contribution in [-0.4, -0.2) is 19.5 Å². The fraction of sp³-hybridized carbons (Fsp3) is 0.0833. The average Bonchev–Trinajstić information content (AvgIpc) is 2.78. The molecule has 0 saturated heterocycles. The number of anilines is 1. The van der Waals surface area contributed by atoms with Crippen molar-refractivity contribution in [3.05, 3.63) is 43.5 Å². The number of benzene rings is 1. The van der Waals surface area contributed by atoms with Crippen molar-refractivity contribution in [2.24, 2.45) is 0 Å². The van der Waals surface area contributed by atoms with Gasteiger partial charge in [0.15, 0.2) is 0 Å². The molecule has 0 amide bonds. The van der Waals surface area contributed by atoms with E-state index in [9.17, 15) is 13.2 Å². The molecule has 112 valence electrons. The average molecular weight is 411 g/mol. The third-order valence-corrected chi connectivity index (χ3v) is 6.74. The van der Waals surface area contributed by atoms with Crippen LogP contribution in [0.15, 0.2) is 32.9 Å². The Hall–Kier alpha value is -1.09. The van der Waals surface area contributed by atoms with Crippen LogP contribution >= 0.6 is 38.9 Å². The van der Waals surface area contributed by atoms with E-state index in [1.807, 2.05) is 0 Å². The molecular weight excluding hydrogens is 402 g/mol. The highest BCUT2D eigenvalue weighted by molar-refractivity contribution is 9.10. The van der Waals surface area contributed by atoms with E-state index in [0.717, 1.165) is 11.3 Å². The molecule has 0 fully saturated rings. The SMILES string of the molecule is Cc1csc(C(=O)O)c1S(=O)(=O)Nc1cccc(Cl)c1Br. The molecule has 0 spiro atoms. The van der Waals surface area contributed by atoms with Crippen LogP contribution in [0.5, 0.6) is 0 Å². The maximum absolute atomic E-state index is 12.4. The van der Waals surface area contributed by atoms with Gasteiger partial charge in [0.25, 0.3) is 10.0 Å². The van der Waals surface area contributed by atoms with Gasteiger partial charge in [0.2, 0.25) is 0 Å². The highest BCUT2D eigenvalue weighted by Crippen LogP contribution is 2.33. The third kappa shape index (κ3) is 3.23.